The van der Waals surface area contributed by atoms with Gasteiger partial charge in [0, 0.05) is 38.8 Å². The molecule has 0 radical (unpaired) electrons. The van der Waals surface area contributed by atoms with Crippen molar-refractivity contribution in [3.63, 3.8) is 0 Å². The number of nitrogens with zero attached hydrogens (tertiary/aromatic N) is 4. The minimum Gasteiger partial charge on any atom is -0.379 e. The van der Waals surface area contributed by atoms with E-state index in [1.807, 2.05) is 0 Å². The number of fused-ring (bicyclic) bond motifs is 1. The molecule has 2 fully saturated rings. The average Bonchev–Trinajstić information content (AvgIpc) is 3.54. The molecular weight excluding hydrogens is 578 g/mol. The molecule has 1 aromatic carbocycles. The van der Waals surface area contributed by atoms with Crippen LogP contribution in [0.15, 0.2) is 28.5 Å². The number of sulfonamides is 1. The van der Waals surface area contributed by atoms with Crippen molar-refractivity contribution in [1.82, 2.24) is 14.2 Å². The summed E-state index contributed by atoms with van der Waals surface area (Å²) in [5.41, 5.74) is -0.0151. The zero-order valence-corrected chi connectivity index (χ0v) is 23.7. The largest absolute Gasteiger partial charge is 0.379 e. The lowest BCUT2D eigenvalue weighted by molar-refractivity contribution is -0.123. The second kappa shape index (κ2) is 11.8. The molecule has 0 saturated carbocycles. The van der Waals surface area contributed by atoms with Crippen molar-refractivity contribution in [3.8, 4) is 0 Å². The third kappa shape index (κ3) is 5.88. The van der Waals surface area contributed by atoms with Gasteiger partial charge < -0.3 is 4.74 Å². The van der Waals surface area contributed by atoms with Gasteiger partial charge in [0.1, 0.15) is 21.6 Å². The number of rotatable bonds is 8. The maximum atomic E-state index is 14.5. The third-order valence-corrected chi connectivity index (χ3v) is 11.3. The molecule has 206 valence electrons. The van der Waals surface area contributed by atoms with E-state index in [1.165, 1.54) is 27.4 Å². The Bertz CT molecular complexity index is 1410. The number of anilines is 1. The van der Waals surface area contributed by atoms with E-state index in [9.17, 15) is 22.0 Å². The molecule has 2 aliphatic rings. The molecule has 1 atom stereocenters. The fourth-order valence-electron chi connectivity index (χ4n) is 4.81. The Morgan fingerprint density at radius 3 is 2.68 bits per heavy atom. The summed E-state index contributed by atoms with van der Waals surface area (Å²) in [6, 6.07) is 3.98. The first kappa shape index (κ1) is 27.8. The summed E-state index contributed by atoms with van der Waals surface area (Å²) in [5.74, 6) is -1.95. The number of thiophene rings is 1. The van der Waals surface area contributed by atoms with E-state index in [4.69, 9.17) is 16.3 Å². The molecule has 5 rings (SSSR count). The van der Waals surface area contributed by atoms with Gasteiger partial charge in [-0.3, -0.25) is 14.6 Å². The normalized spacial score (nSPS) is 19.7. The summed E-state index contributed by atoms with van der Waals surface area (Å²) in [5, 5.41) is 0.221. The first-order chi connectivity index (χ1) is 18.2. The number of morpholine rings is 1. The maximum absolute atomic E-state index is 14.5. The Kier molecular flexibility index (Phi) is 8.63. The fourth-order valence-corrected chi connectivity index (χ4v) is 9.11. The molecule has 8 nitrogen and oxygen atoms in total. The molecule has 2 saturated heterocycles. The van der Waals surface area contributed by atoms with Gasteiger partial charge in [-0.1, -0.05) is 29.4 Å². The summed E-state index contributed by atoms with van der Waals surface area (Å²) < 4.78 is 62.7. The van der Waals surface area contributed by atoms with Crippen molar-refractivity contribution in [2.45, 2.75) is 35.9 Å². The number of carbonyl (C=O) groups is 1. The Morgan fingerprint density at radius 1 is 1.16 bits per heavy atom. The predicted molar refractivity (Wildman–Crippen MR) is 145 cm³/mol. The zero-order chi connectivity index (χ0) is 26.9. The van der Waals surface area contributed by atoms with Crippen LogP contribution in [0.5, 0.6) is 0 Å². The summed E-state index contributed by atoms with van der Waals surface area (Å²) in [6.07, 6.45) is 2.27. The van der Waals surface area contributed by atoms with Crippen molar-refractivity contribution in [1.29, 1.82) is 0 Å². The van der Waals surface area contributed by atoms with E-state index in [1.54, 1.807) is 0 Å². The highest BCUT2D eigenvalue weighted by molar-refractivity contribution is 7.91. The van der Waals surface area contributed by atoms with Crippen LogP contribution in [0.3, 0.4) is 0 Å². The van der Waals surface area contributed by atoms with E-state index in [-0.39, 0.29) is 32.6 Å². The van der Waals surface area contributed by atoms with Gasteiger partial charge in [-0.15, -0.1) is 11.3 Å². The van der Waals surface area contributed by atoms with Crippen LogP contribution in [0.1, 0.15) is 25.7 Å². The first-order valence-corrected chi connectivity index (χ1v) is 15.8. The van der Waals surface area contributed by atoms with Crippen LogP contribution < -0.4 is 4.90 Å². The van der Waals surface area contributed by atoms with Gasteiger partial charge in [0.15, 0.2) is 10.9 Å². The number of thiazole rings is 1. The second-order valence-electron chi connectivity index (χ2n) is 9.21. The van der Waals surface area contributed by atoms with Crippen LogP contribution in [0.4, 0.5) is 13.9 Å². The van der Waals surface area contributed by atoms with E-state index in [2.05, 4.69) is 9.88 Å². The minimum atomic E-state index is -3.95. The van der Waals surface area contributed by atoms with Gasteiger partial charge in [0.2, 0.25) is 5.91 Å². The number of hydrogen-bond acceptors (Lipinski definition) is 8. The third-order valence-electron chi connectivity index (χ3n) is 6.71. The second-order valence-corrected chi connectivity index (χ2v) is 14.1. The summed E-state index contributed by atoms with van der Waals surface area (Å²) >= 11 is 7.97. The Labute approximate surface area is 232 Å². The van der Waals surface area contributed by atoms with E-state index < -0.39 is 33.6 Å². The molecular formula is C24H27ClF2N4O4S3. The monoisotopic (exact) mass is 604 g/mol. The minimum absolute atomic E-state index is 0.0151. The molecule has 0 spiro atoms. The SMILES string of the molecule is O=C(C1CCCCN1S(=O)(=O)c1ccc(Cl)s1)N(CCCN1CCOCC1)c1nc2c(F)cc(F)cc2s1. The Hall–Kier alpha value is -1.74. The van der Waals surface area contributed by atoms with Gasteiger partial charge in [0.05, 0.1) is 22.3 Å². The number of aromatic nitrogens is 1. The van der Waals surface area contributed by atoms with Crippen LogP contribution in [0, 0.1) is 11.6 Å². The summed E-state index contributed by atoms with van der Waals surface area (Å²) in [4.78, 5) is 22.1. The van der Waals surface area contributed by atoms with E-state index >= 15 is 0 Å². The smallest absolute Gasteiger partial charge is 0.253 e. The average molecular weight is 605 g/mol. The number of ether oxygens (including phenoxy) is 1. The van der Waals surface area contributed by atoms with Crippen LogP contribution in [-0.2, 0) is 19.6 Å². The number of piperidine rings is 1. The van der Waals surface area contributed by atoms with Crippen LogP contribution in [-0.4, -0.2) is 80.5 Å². The molecule has 2 aliphatic heterocycles. The van der Waals surface area contributed by atoms with Gasteiger partial charge in [0.25, 0.3) is 10.0 Å². The Morgan fingerprint density at radius 2 is 1.95 bits per heavy atom. The highest BCUT2D eigenvalue weighted by Gasteiger charge is 2.41. The number of carbonyl (C=O) groups excluding carboxylic acids is 1. The molecule has 1 unspecified atom stereocenters. The van der Waals surface area contributed by atoms with E-state index in [0.29, 0.717) is 49.8 Å². The molecule has 14 heteroatoms. The van der Waals surface area contributed by atoms with Crippen LogP contribution in [0.2, 0.25) is 4.34 Å². The van der Waals surface area contributed by atoms with Gasteiger partial charge in [-0.05, 0) is 37.5 Å². The van der Waals surface area contributed by atoms with Crippen molar-refractivity contribution in [3.05, 3.63) is 40.2 Å². The van der Waals surface area contributed by atoms with Crippen molar-refractivity contribution in [2.75, 3.05) is 50.8 Å². The fraction of sp³-hybridized carbons (Fsp3) is 0.500. The topological polar surface area (TPSA) is 83.1 Å². The number of benzene rings is 1. The molecule has 3 aromatic rings. The van der Waals surface area contributed by atoms with Gasteiger partial charge in [-0.2, -0.15) is 4.31 Å². The molecule has 0 aliphatic carbocycles. The summed E-state index contributed by atoms with van der Waals surface area (Å²) in [6.45, 7) is 4.04. The van der Waals surface area contributed by atoms with E-state index in [0.717, 1.165) is 41.8 Å². The number of amides is 1. The quantitative estimate of drug-likeness (QED) is 0.374. The molecule has 1 amide bonds. The standard InChI is InChI=1S/C24H27ClF2N4O4S3/c25-20-5-6-21(37-20)38(33,34)31-9-2-1-4-18(31)23(32)30(8-3-7-29-10-12-35-13-11-29)24-28-22-17(27)14-16(26)15-19(22)36-24/h5-6,14-15,18H,1-4,7-13H2. The highest BCUT2D eigenvalue weighted by atomic mass is 35.5. The maximum Gasteiger partial charge on any atom is 0.253 e. The summed E-state index contributed by atoms with van der Waals surface area (Å²) in [7, 11) is -3.95. The first-order valence-electron chi connectivity index (χ1n) is 12.4. The van der Waals surface area contributed by atoms with Crippen LogP contribution in [0.25, 0.3) is 10.2 Å². The zero-order valence-electron chi connectivity index (χ0n) is 20.4. The lowest BCUT2D eigenvalue weighted by atomic mass is 10.0. The number of hydrogen-bond donors (Lipinski definition) is 0. The van der Waals surface area contributed by atoms with Crippen molar-refractivity contribution >= 4 is 65.6 Å². The van der Waals surface area contributed by atoms with Gasteiger partial charge in [-0.25, -0.2) is 22.2 Å². The highest BCUT2D eigenvalue weighted by Crippen LogP contribution is 2.35. The number of halogens is 3. The molecule has 4 heterocycles. The van der Waals surface area contributed by atoms with Crippen molar-refractivity contribution < 1.29 is 26.7 Å². The lowest BCUT2D eigenvalue weighted by Crippen LogP contribution is -2.53. The Balaban J connectivity index is 1.45. The lowest BCUT2D eigenvalue weighted by Gasteiger charge is -2.36. The molecule has 38 heavy (non-hydrogen) atoms. The predicted octanol–water partition coefficient (Wildman–Crippen LogP) is 4.59. The van der Waals surface area contributed by atoms with Gasteiger partial charge >= 0.3 is 0 Å². The van der Waals surface area contributed by atoms with Crippen LogP contribution >= 0.6 is 34.3 Å². The van der Waals surface area contributed by atoms with Crippen molar-refractivity contribution in [2.24, 2.45) is 0 Å². The molecule has 0 N–H and O–H groups in total. The molecule has 2 aromatic heterocycles. The molecule has 0 bridgehead atoms.